The van der Waals surface area contributed by atoms with Crippen molar-refractivity contribution in [2.45, 2.75) is 279 Å². The van der Waals surface area contributed by atoms with E-state index in [1.807, 2.05) is 30.3 Å². The van der Waals surface area contributed by atoms with Crippen molar-refractivity contribution in [2.75, 3.05) is 85.1 Å². The van der Waals surface area contributed by atoms with Crippen molar-refractivity contribution in [3.63, 3.8) is 0 Å². The topological polar surface area (TPSA) is 609 Å². The first-order valence-electron chi connectivity index (χ1n) is 47.2. The summed E-state index contributed by atoms with van der Waals surface area (Å²) in [6.45, 7) is 1.41. The summed E-state index contributed by atoms with van der Waals surface area (Å²) in [5, 5.41) is 33.1. The molecule has 6 unspecified atom stereocenters. The van der Waals surface area contributed by atoms with Crippen molar-refractivity contribution in [2.24, 2.45) is 75.6 Å². The molecule has 3 aliphatic heterocycles. The molecule has 0 aromatic heterocycles. The van der Waals surface area contributed by atoms with Gasteiger partial charge in [0.2, 0.25) is 94.5 Å². The standard InChI is InChI=1S/C91H146N22O16/c1-57(114)99-50-74(115)105-72(48-58-26-4-2-5-27-58)90(128)112-55-61-31-10-13-35-65(61)80(112)88(126)101-52-76(117)104-71(41-19-25-47-97)89(127)111-54-60-30-8-11-33-63(60)78(111)86(124)102-53-77(118)106-73(49-59-28-6-3-7-29-59)91(129)113-56-62-32-9-12-34-64(62)79(113)87(125)100-51-75(116)103-67(37-15-21-43-93)82(120)108-69(39-17-23-45-95)84(122)110-70(40-18-24-46-96)85(123)109-68(38-16-22-44-94)83(121)107-66(81(98)119)36-14-20-42-92/h2-7,26-29,60-73,78-80H,8-25,30-56,92-97H2,1H3,(H2,98,119)(H,99,114)(H,100,125)(H,101,126)(H,102,124)(H,103,116)(H,104,117)(H,105,115)(H,106,118)(H,107,121)(H,108,120)(H,109,123)(H,110,122)/t60?,61?,62?,63?,64?,65?,66-,67-,68-,69-,70-,71-,72-,73-,78-,79-,80-/m0/s1. The molecule has 3 heterocycles. The molecule has 8 rings (SSSR count). The third kappa shape index (κ3) is 32.4. The summed E-state index contributed by atoms with van der Waals surface area (Å²) in [6, 6.07) is 5.32. The molecule has 716 valence electrons. The van der Waals surface area contributed by atoms with Crippen molar-refractivity contribution in [1.29, 1.82) is 0 Å². The number of fused-ring (bicyclic) bond motifs is 3. The van der Waals surface area contributed by atoms with Gasteiger partial charge in [-0.15, -0.1) is 0 Å². The lowest BCUT2D eigenvalue weighted by atomic mass is 9.78. The fraction of sp³-hybridized carbons (Fsp3) is 0.692. The Kier molecular flexibility index (Phi) is 44.4. The van der Waals surface area contributed by atoms with Crippen LogP contribution in [0.3, 0.4) is 0 Å². The monoisotopic (exact) mass is 1800 g/mol. The number of primary amides is 1. The quantitative estimate of drug-likeness (QED) is 0.0323. The summed E-state index contributed by atoms with van der Waals surface area (Å²) >= 11 is 0. The molecule has 3 aliphatic carbocycles. The van der Waals surface area contributed by atoms with E-state index in [0.29, 0.717) is 128 Å². The third-order valence-electron chi connectivity index (χ3n) is 26.2. The molecular formula is C91H146N22O16. The molecule has 0 spiro atoms. The maximum Gasteiger partial charge on any atom is 0.246 e. The van der Waals surface area contributed by atoms with Gasteiger partial charge in [0.15, 0.2) is 0 Å². The molecule has 16 amide bonds. The van der Waals surface area contributed by atoms with Gasteiger partial charge in [0.25, 0.3) is 0 Å². The van der Waals surface area contributed by atoms with Crippen LogP contribution in [0.15, 0.2) is 60.7 Å². The zero-order valence-electron chi connectivity index (χ0n) is 75.3. The minimum atomic E-state index is -1.29. The van der Waals surface area contributed by atoms with Crippen LogP contribution < -0.4 is 104 Å². The maximum atomic E-state index is 15.5. The van der Waals surface area contributed by atoms with Crippen LogP contribution >= 0.6 is 0 Å². The Morgan fingerprint density at radius 1 is 0.310 bits per heavy atom. The Morgan fingerprint density at radius 3 is 0.853 bits per heavy atom. The molecule has 38 heteroatoms. The van der Waals surface area contributed by atoms with Crippen LogP contribution in [0.5, 0.6) is 0 Å². The van der Waals surface area contributed by atoms with Crippen LogP contribution in [0.1, 0.15) is 211 Å². The van der Waals surface area contributed by atoms with Gasteiger partial charge in [-0.2, -0.15) is 0 Å². The molecule has 3 saturated heterocycles. The number of amides is 16. The second-order valence-electron chi connectivity index (χ2n) is 35.7. The molecule has 0 radical (unpaired) electrons. The van der Waals surface area contributed by atoms with Gasteiger partial charge >= 0.3 is 0 Å². The molecule has 17 atom stereocenters. The molecule has 2 aromatic rings. The van der Waals surface area contributed by atoms with Crippen LogP contribution in [0.25, 0.3) is 0 Å². The van der Waals surface area contributed by atoms with Gasteiger partial charge in [0.05, 0.1) is 26.2 Å². The number of hydrogen-bond acceptors (Lipinski definition) is 22. The van der Waals surface area contributed by atoms with Crippen LogP contribution in [0, 0.1) is 35.5 Å². The highest BCUT2D eigenvalue weighted by molar-refractivity contribution is 6.00. The second kappa shape index (κ2) is 55.0. The molecule has 38 nitrogen and oxygen atoms in total. The third-order valence-corrected chi connectivity index (χ3v) is 26.2. The van der Waals surface area contributed by atoms with Gasteiger partial charge < -0.3 is 119 Å². The Morgan fingerprint density at radius 2 is 0.558 bits per heavy atom. The fourth-order valence-corrected chi connectivity index (χ4v) is 19.5. The summed E-state index contributed by atoms with van der Waals surface area (Å²) < 4.78 is 0. The molecule has 6 fully saturated rings. The number of carbonyl (C=O) groups is 16. The molecule has 3 saturated carbocycles. The molecule has 2 aromatic carbocycles. The summed E-state index contributed by atoms with van der Waals surface area (Å²) in [5.41, 5.74) is 42.2. The van der Waals surface area contributed by atoms with E-state index < -0.39 is 181 Å². The number of rotatable bonds is 55. The Bertz CT molecular complexity index is 4020. The zero-order chi connectivity index (χ0) is 93.3. The first-order chi connectivity index (χ1) is 62.2. The lowest BCUT2D eigenvalue weighted by Crippen LogP contribution is -2.59. The maximum absolute atomic E-state index is 15.5. The van der Waals surface area contributed by atoms with E-state index in [1.54, 1.807) is 30.3 Å². The van der Waals surface area contributed by atoms with Gasteiger partial charge in [-0.05, 0) is 240 Å². The smallest absolute Gasteiger partial charge is 0.246 e. The molecular weight excluding hydrogens is 1660 g/mol. The van der Waals surface area contributed by atoms with Gasteiger partial charge in [-0.1, -0.05) is 99.2 Å². The summed E-state index contributed by atoms with van der Waals surface area (Å²) in [4.78, 5) is 233. The Balaban J connectivity index is 0.930. The van der Waals surface area contributed by atoms with E-state index in [4.69, 9.17) is 40.1 Å². The summed E-state index contributed by atoms with van der Waals surface area (Å²) in [6.07, 6.45) is 15.1. The fourth-order valence-electron chi connectivity index (χ4n) is 19.5. The van der Waals surface area contributed by atoms with Crippen molar-refractivity contribution < 1.29 is 76.7 Å². The number of likely N-dealkylation sites (tertiary alicyclic amines) is 3. The van der Waals surface area contributed by atoms with Gasteiger partial charge in [0.1, 0.15) is 66.5 Å². The van der Waals surface area contributed by atoms with E-state index in [1.165, 1.54) is 21.6 Å². The van der Waals surface area contributed by atoms with Crippen molar-refractivity contribution in [1.82, 2.24) is 78.5 Å². The first kappa shape index (κ1) is 104. The van der Waals surface area contributed by atoms with Gasteiger partial charge in [-0.25, -0.2) is 0 Å². The molecule has 6 aliphatic rings. The normalized spacial score (nSPS) is 21.6. The average Bonchev–Trinajstić information content (AvgIpc) is 1.64. The molecule has 129 heavy (non-hydrogen) atoms. The van der Waals surface area contributed by atoms with Crippen LogP contribution in [-0.4, -0.2) is 261 Å². The summed E-state index contributed by atoms with van der Waals surface area (Å²) in [7, 11) is 0. The number of hydrogen-bond donors (Lipinski definition) is 19. The average molecular weight is 1800 g/mol. The lowest BCUT2D eigenvalue weighted by Gasteiger charge is -2.32. The Labute approximate surface area is 757 Å². The number of nitrogens with two attached hydrogens (primary N) is 7. The van der Waals surface area contributed by atoms with Crippen LogP contribution in [0.4, 0.5) is 0 Å². The summed E-state index contributed by atoms with van der Waals surface area (Å²) in [5.74, 6) is -11.5. The number of nitrogens with one attached hydrogen (secondary N) is 12. The first-order valence-corrected chi connectivity index (χ1v) is 47.2. The highest BCUT2D eigenvalue weighted by Gasteiger charge is 2.53. The molecule has 26 N–H and O–H groups in total. The number of unbranched alkanes of at least 4 members (excludes halogenated alkanes) is 6. The van der Waals surface area contributed by atoms with Crippen LogP contribution in [0.2, 0.25) is 0 Å². The van der Waals surface area contributed by atoms with E-state index in [0.717, 1.165) is 50.5 Å². The van der Waals surface area contributed by atoms with Gasteiger partial charge in [-0.3, -0.25) is 76.7 Å². The highest BCUT2D eigenvalue weighted by Crippen LogP contribution is 2.44. The second-order valence-corrected chi connectivity index (χ2v) is 35.7. The predicted octanol–water partition coefficient (Wildman–Crippen LogP) is -1.85. The SMILES string of the molecule is CC(=O)NCC(=O)N[C@@H](Cc1ccccc1)C(=O)N1CC2CCCCC2[C@H]1C(=O)NCC(=O)N[C@@H](CCCCN)C(=O)N1CC2CCCCC2[C@H]1C(=O)NCC(=O)N[C@@H](Cc1ccccc1)C(=O)N1CC2CCCCC2[C@H]1C(=O)NCC(=O)N[C@@H](CCCCN)C(=O)N[C@@H](CCCCN)C(=O)N[C@@H](CCCCN)C(=O)N[C@@H](CCCCN)C(=O)N[C@@H](CCCCN)C(N)=O. The van der Waals surface area contributed by atoms with E-state index >= 15 is 9.59 Å². The minimum Gasteiger partial charge on any atom is -0.368 e. The minimum absolute atomic E-state index is 0.0237. The zero-order valence-corrected chi connectivity index (χ0v) is 75.3. The van der Waals surface area contributed by atoms with E-state index in [2.05, 4.69) is 63.8 Å². The number of nitrogens with zero attached hydrogens (tertiary/aromatic N) is 3. The molecule has 0 bridgehead atoms. The number of benzene rings is 2. The Hall–Kier alpha value is -10.3. The number of carbonyl (C=O) groups excluding carboxylic acids is 16. The van der Waals surface area contributed by atoms with Crippen molar-refractivity contribution >= 4 is 94.5 Å². The highest BCUT2D eigenvalue weighted by atomic mass is 16.2. The van der Waals surface area contributed by atoms with E-state index in [-0.39, 0.29) is 139 Å². The van der Waals surface area contributed by atoms with Gasteiger partial charge in [0, 0.05) is 39.4 Å². The van der Waals surface area contributed by atoms with E-state index in [9.17, 15) is 67.1 Å². The lowest BCUT2D eigenvalue weighted by molar-refractivity contribution is -0.143. The van der Waals surface area contributed by atoms with Crippen molar-refractivity contribution in [3.8, 4) is 0 Å². The van der Waals surface area contributed by atoms with Crippen molar-refractivity contribution in [3.05, 3.63) is 71.8 Å². The predicted molar refractivity (Wildman–Crippen MR) is 483 cm³/mol. The van der Waals surface area contributed by atoms with Crippen LogP contribution in [-0.2, 0) is 89.6 Å². The largest absolute Gasteiger partial charge is 0.368 e.